The molecule has 0 saturated carbocycles. The smallest absolute Gasteiger partial charge is 0.222 e. The summed E-state index contributed by atoms with van der Waals surface area (Å²) >= 11 is 0. The molecule has 1 aromatic rings. The van der Waals surface area contributed by atoms with Gasteiger partial charge in [-0.25, -0.2) is 0 Å². The number of benzene rings is 1. The van der Waals surface area contributed by atoms with Crippen LogP contribution in [0.15, 0.2) is 30.3 Å². The van der Waals surface area contributed by atoms with E-state index >= 15 is 0 Å². The Morgan fingerprint density at radius 1 is 1.20 bits per heavy atom. The first-order valence-electron chi connectivity index (χ1n) is 9.72. The van der Waals surface area contributed by atoms with Crippen LogP contribution < -0.4 is 5.32 Å². The molecule has 3 aliphatic rings. The van der Waals surface area contributed by atoms with E-state index in [-0.39, 0.29) is 17.8 Å². The lowest BCUT2D eigenvalue weighted by molar-refractivity contribution is -0.134. The number of rotatable bonds is 3. The van der Waals surface area contributed by atoms with Crippen LogP contribution in [-0.2, 0) is 10.2 Å². The number of amides is 1. The molecule has 3 atom stereocenters. The van der Waals surface area contributed by atoms with Crippen LogP contribution in [0.4, 0.5) is 0 Å². The Kier molecular flexibility index (Phi) is 5.75. The number of carbonyl (C=O) groups is 1. The van der Waals surface area contributed by atoms with Gasteiger partial charge in [0.1, 0.15) is 0 Å². The SMILES string of the molecule is CC1(c2ccccc2)CCCN(C(=O)CC2CC3CCC(C2)N3)C1.Cl. The quantitative estimate of drug-likeness (QED) is 0.884. The van der Waals surface area contributed by atoms with Crippen molar-refractivity contribution in [1.29, 1.82) is 0 Å². The Balaban J connectivity index is 0.00000182. The lowest BCUT2D eigenvalue weighted by Crippen LogP contribution is -2.48. The van der Waals surface area contributed by atoms with Gasteiger partial charge in [-0.2, -0.15) is 0 Å². The molecule has 3 aliphatic heterocycles. The Bertz CT molecular complexity index is 581. The van der Waals surface area contributed by atoms with Gasteiger partial charge >= 0.3 is 0 Å². The number of fused-ring (bicyclic) bond motifs is 2. The zero-order chi connectivity index (χ0) is 16.6. The van der Waals surface area contributed by atoms with E-state index in [1.54, 1.807) is 0 Å². The van der Waals surface area contributed by atoms with Gasteiger partial charge in [0.15, 0.2) is 0 Å². The second kappa shape index (κ2) is 7.67. The van der Waals surface area contributed by atoms with Crippen LogP contribution in [0.2, 0.25) is 0 Å². The van der Waals surface area contributed by atoms with E-state index in [0.29, 0.717) is 23.9 Å². The molecule has 1 aromatic carbocycles. The Morgan fingerprint density at radius 2 is 1.88 bits per heavy atom. The maximum atomic E-state index is 12.9. The fraction of sp³-hybridized carbons (Fsp3) is 0.667. The maximum Gasteiger partial charge on any atom is 0.222 e. The third kappa shape index (κ3) is 4.03. The van der Waals surface area contributed by atoms with Gasteiger partial charge in [-0.1, -0.05) is 37.3 Å². The molecule has 3 unspecified atom stereocenters. The highest BCUT2D eigenvalue weighted by Crippen LogP contribution is 2.36. The first-order chi connectivity index (χ1) is 11.6. The number of piperidine rings is 2. The van der Waals surface area contributed by atoms with Gasteiger partial charge in [-0.3, -0.25) is 4.79 Å². The third-order valence-corrected chi connectivity index (χ3v) is 6.55. The minimum atomic E-state index is 0. The standard InChI is InChI=1S/C21H30N2O.ClH/c1-21(17-6-3-2-4-7-17)10-5-11-23(15-21)20(24)14-16-12-18-8-9-19(13-16)22-18;/h2-4,6-7,16,18-19,22H,5,8-15H2,1H3;1H. The van der Waals surface area contributed by atoms with Crippen molar-refractivity contribution in [3.63, 3.8) is 0 Å². The van der Waals surface area contributed by atoms with Crippen LogP contribution in [0.1, 0.15) is 57.4 Å². The van der Waals surface area contributed by atoms with Crippen molar-refractivity contribution in [2.75, 3.05) is 13.1 Å². The highest BCUT2D eigenvalue weighted by atomic mass is 35.5. The van der Waals surface area contributed by atoms with E-state index in [1.807, 2.05) is 0 Å². The van der Waals surface area contributed by atoms with Gasteiger partial charge in [-0.05, 0) is 50.0 Å². The Morgan fingerprint density at radius 3 is 2.56 bits per heavy atom. The summed E-state index contributed by atoms with van der Waals surface area (Å²) in [6.45, 7) is 4.15. The summed E-state index contributed by atoms with van der Waals surface area (Å²) in [6.07, 6.45) is 8.08. The average Bonchev–Trinajstić information content (AvgIpc) is 2.94. The number of nitrogens with zero attached hydrogens (tertiary/aromatic N) is 1. The summed E-state index contributed by atoms with van der Waals surface area (Å²) in [5.74, 6) is 0.990. The number of halogens is 1. The molecule has 1 amide bonds. The van der Waals surface area contributed by atoms with Gasteiger partial charge in [0.05, 0.1) is 0 Å². The zero-order valence-electron chi connectivity index (χ0n) is 15.2. The maximum absolute atomic E-state index is 12.9. The monoisotopic (exact) mass is 362 g/mol. The van der Waals surface area contributed by atoms with Gasteiger partial charge in [0.25, 0.3) is 0 Å². The molecule has 4 heteroatoms. The lowest BCUT2D eigenvalue weighted by Gasteiger charge is -2.41. The van der Waals surface area contributed by atoms with Gasteiger partial charge in [0, 0.05) is 37.0 Å². The third-order valence-electron chi connectivity index (χ3n) is 6.55. The van der Waals surface area contributed by atoms with Crippen molar-refractivity contribution in [2.45, 2.75) is 69.4 Å². The molecule has 25 heavy (non-hydrogen) atoms. The van der Waals surface area contributed by atoms with Crippen LogP contribution in [-0.4, -0.2) is 36.0 Å². The van der Waals surface area contributed by atoms with Gasteiger partial charge < -0.3 is 10.2 Å². The van der Waals surface area contributed by atoms with Crippen molar-refractivity contribution in [1.82, 2.24) is 10.2 Å². The summed E-state index contributed by atoms with van der Waals surface area (Å²) in [7, 11) is 0. The molecule has 0 radical (unpaired) electrons. The van der Waals surface area contributed by atoms with Crippen LogP contribution >= 0.6 is 12.4 Å². The number of hydrogen-bond acceptors (Lipinski definition) is 2. The first kappa shape index (κ1) is 18.7. The minimum absolute atomic E-state index is 0. The van der Waals surface area contributed by atoms with Gasteiger partial charge in [-0.15, -0.1) is 12.4 Å². The first-order valence-corrected chi connectivity index (χ1v) is 9.72. The fourth-order valence-electron chi connectivity index (χ4n) is 5.25. The number of carbonyl (C=O) groups excluding carboxylic acids is 1. The average molecular weight is 363 g/mol. The second-order valence-corrected chi connectivity index (χ2v) is 8.52. The zero-order valence-corrected chi connectivity index (χ0v) is 16.1. The highest BCUT2D eigenvalue weighted by molar-refractivity contribution is 5.85. The molecular weight excluding hydrogens is 332 g/mol. The normalized spacial score (nSPS) is 34.4. The van der Waals surface area contributed by atoms with Crippen molar-refractivity contribution < 1.29 is 4.79 Å². The summed E-state index contributed by atoms with van der Waals surface area (Å²) in [6, 6.07) is 12.1. The van der Waals surface area contributed by atoms with Crippen molar-refractivity contribution in [3.8, 4) is 0 Å². The molecule has 3 fully saturated rings. The van der Waals surface area contributed by atoms with E-state index in [4.69, 9.17) is 0 Å². The van der Waals surface area contributed by atoms with E-state index in [9.17, 15) is 4.79 Å². The summed E-state index contributed by atoms with van der Waals surface area (Å²) in [5.41, 5.74) is 1.49. The highest BCUT2D eigenvalue weighted by Gasteiger charge is 2.37. The van der Waals surface area contributed by atoms with Crippen LogP contribution in [0.3, 0.4) is 0 Å². The topological polar surface area (TPSA) is 32.3 Å². The second-order valence-electron chi connectivity index (χ2n) is 8.52. The number of likely N-dealkylation sites (tertiary alicyclic amines) is 1. The molecule has 2 bridgehead atoms. The molecule has 0 aromatic heterocycles. The molecule has 0 spiro atoms. The largest absolute Gasteiger partial charge is 0.342 e. The molecule has 3 nitrogen and oxygen atoms in total. The summed E-state index contributed by atoms with van der Waals surface area (Å²) < 4.78 is 0. The van der Waals surface area contributed by atoms with E-state index < -0.39 is 0 Å². The number of nitrogens with one attached hydrogen (secondary N) is 1. The number of hydrogen-bond donors (Lipinski definition) is 1. The van der Waals surface area contributed by atoms with Crippen LogP contribution in [0.25, 0.3) is 0 Å². The molecule has 1 N–H and O–H groups in total. The molecule has 3 saturated heterocycles. The molecule has 0 aliphatic carbocycles. The van der Waals surface area contributed by atoms with E-state index in [0.717, 1.165) is 25.9 Å². The molecular formula is C21H31ClN2O. The molecule has 138 valence electrons. The van der Waals surface area contributed by atoms with Crippen LogP contribution in [0, 0.1) is 5.92 Å². The minimum Gasteiger partial charge on any atom is -0.342 e. The predicted octanol–water partition coefficient (Wildman–Crippen LogP) is 3.91. The molecule has 4 rings (SSSR count). The van der Waals surface area contributed by atoms with Crippen molar-refractivity contribution in [2.24, 2.45) is 5.92 Å². The fourth-order valence-corrected chi connectivity index (χ4v) is 5.25. The van der Waals surface area contributed by atoms with E-state index in [2.05, 4.69) is 47.5 Å². The Labute approximate surface area is 158 Å². The summed E-state index contributed by atoms with van der Waals surface area (Å²) in [5, 5.41) is 3.68. The van der Waals surface area contributed by atoms with Crippen molar-refractivity contribution >= 4 is 18.3 Å². The van der Waals surface area contributed by atoms with Crippen LogP contribution in [0.5, 0.6) is 0 Å². The summed E-state index contributed by atoms with van der Waals surface area (Å²) in [4.78, 5) is 15.1. The Hall–Kier alpha value is -1.06. The van der Waals surface area contributed by atoms with Gasteiger partial charge in [0.2, 0.25) is 5.91 Å². The molecule has 3 heterocycles. The van der Waals surface area contributed by atoms with Crippen molar-refractivity contribution in [3.05, 3.63) is 35.9 Å². The lowest BCUT2D eigenvalue weighted by atomic mass is 9.75. The van der Waals surface area contributed by atoms with E-state index in [1.165, 1.54) is 37.7 Å². The predicted molar refractivity (Wildman–Crippen MR) is 104 cm³/mol.